The number of nitrogens with zero attached hydrogens (tertiary/aromatic N) is 1. The van der Waals surface area contributed by atoms with Crippen molar-refractivity contribution in [3.8, 4) is 0 Å². The molecule has 8 heteroatoms. The van der Waals surface area contributed by atoms with Gasteiger partial charge in [0, 0.05) is 37.8 Å². The molecule has 2 aromatic rings. The van der Waals surface area contributed by atoms with Gasteiger partial charge in [-0.1, -0.05) is 18.2 Å². The van der Waals surface area contributed by atoms with Gasteiger partial charge < -0.3 is 16.0 Å². The van der Waals surface area contributed by atoms with Gasteiger partial charge in [0.1, 0.15) is 11.6 Å². The summed E-state index contributed by atoms with van der Waals surface area (Å²) < 4.78 is 27.4. The summed E-state index contributed by atoms with van der Waals surface area (Å²) in [5.41, 5.74) is 1.69. The van der Waals surface area contributed by atoms with E-state index < -0.39 is 11.6 Å². The number of aliphatic imine (C=N–C) groups is 1. The maximum Gasteiger partial charge on any atom is 0.251 e. The lowest BCUT2D eigenvalue weighted by Gasteiger charge is -2.12. The third-order valence-electron chi connectivity index (χ3n) is 4.16. The van der Waals surface area contributed by atoms with E-state index >= 15 is 0 Å². The van der Waals surface area contributed by atoms with Gasteiger partial charge >= 0.3 is 0 Å². The molecule has 0 atom stereocenters. The molecule has 0 unspecified atom stereocenters. The number of carbonyl (C=O) groups is 1. The largest absolute Gasteiger partial charge is 0.357 e. The minimum atomic E-state index is -0.552. The molecule has 0 aliphatic carbocycles. The van der Waals surface area contributed by atoms with Crippen molar-refractivity contribution in [2.45, 2.75) is 19.8 Å². The standard InChI is InChI=1S/C21H26F2N4O.HI/c1-3-25-21(27-13-11-17-18(22)8-5-9-19(17)23)26-12-10-15-6-4-7-16(14-15)20(28)24-2;/h4-9,14H,3,10-13H2,1-2H3,(H,24,28)(H2,25,26,27);1H. The second-order valence-corrected chi connectivity index (χ2v) is 6.17. The van der Waals surface area contributed by atoms with Crippen LogP contribution in [0.25, 0.3) is 0 Å². The maximum atomic E-state index is 13.7. The smallest absolute Gasteiger partial charge is 0.251 e. The fourth-order valence-electron chi connectivity index (χ4n) is 2.73. The second-order valence-electron chi connectivity index (χ2n) is 6.17. The molecule has 0 saturated carbocycles. The minimum Gasteiger partial charge on any atom is -0.357 e. The van der Waals surface area contributed by atoms with Crippen LogP contribution >= 0.6 is 24.0 Å². The van der Waals surface area contributed by atoms with Crippen molar-refractivity contribution in [2.75, 3.05) is 26.7 Å². The summed E-state index contributed by atoms with van der Waals surface area (Å²) in [5.74, 6) is -0.639. The number of halogens is 3. The summed E-state index contributed by atoms with van der Waals surface area (Å²) in [6.07, 6.45) is 0.889. The fraction of sp³-hybridized carbons (Fsp3) is 0.333. The minimum absolute atomic E-state index is 0. The van der Waals surface area contributed by atoms with Gasteiger partial charge in [-0.25, -0.2) is 8.78 Å². The molecule has 1 amide bonds. The number of benzene rings is 2. The van der Waals surface area contributed by atoms with Crippen LogP contribution in [0.2, 0.25) is 0 Å². The van der Waals surface area contributed by atoms with Gasteiger partial charge in [-0.05, 0) is 49.6 Å². The second kappa shape index (κ2) is 13.1. The first-order valence-corrected chi connectivity index (χ1v) is 9.31. The molecule has 0 aliphatic heterocycles. The first-order chi connectivity index (χ1) is 13.5. The Morgan fingerprint density at radius 2 is 1.72 bits per heavy atom. The number of carbonyl (C=O) groups excluding carboxylic acids is 1. The van der Waals surface area contributed by atoms with E-state index in [2.05, 4.69) is 20.9 Å². The molecule has 2 aromatic carbocycles. The van der Waals surface area contributed by atoms with Crippen LogP contribution in [0.5, 0.6) is 0 Å². The van der Waals surface area contributed by atoms with Crippen LogP contribution in [-0.4, -0.2) is 38.5 Å². The Bertz CT molecular complexity index is 810. The van der Waals surface area contributed by atoms with E-state index in [0.717, 1.165) is 5.56 Å². The Labute approximate surface area is 187 Å². The molecule has 0 radical (unpaired) electrons. The Morgan fingerprint density at radius 3 is 2.38 bits per heavy atom. The van der Waals surface area contributed by atoms with Crippen LogP contribution in [0.15, 0.2) is 47.5 Å². The molecule has 3 N–H and O–H groups in total. The third-order valence-corrected chi connectivity index (χ3v) is 4.16. The Kier molecular flexibility index (Phi) is 11.2. The molecule has 0 saturated heterocycles. The van der Waals surface area contributed by atoms with Crippen LogP contribution in [0.3, 0.4) is 0 Å². The summed E-state index contributed by atoms with van der Waals surface area (Å²) in [6, 6.07) is 11.3. The first kappa shape index (κ1) is 24.8. The van der Waals surface area contributed by atoms with Gasteiger partial charge in [-0.15, -0.1) is 24.0 Å². The Morgan fingerprint density at radius 1 is 1.03 bits per heavy atom. The monoisotopic (exact) mass is 516 g/mol. The molecule has 0 fully saturated rings. The van der Waals surface area contributed by atoms with Gasteiger partial charge in [-0.3, -0.25) is 9.79 Å². The fourth-order valence-corrected chi connectivity index (χ4v) is 2.73. The average molecular weight is 516 g/mol. The zero-order valence-electron chi connectivity index (χ0n) is 16.6. The number of amides is 1. The highest BCUT2D eigenvalue weighted by atomic mass is 127. The number of hydrogen-bond donors (Lipinski definition) is 3. The molecule has 0 spiro atoms. The van der Waals surface area contributed by atoms with Crippen LogP contribution in [0, 0.1) is 11.6 Å². The van der Waals surface area contributed by atoms with E-state index in [1.54, 1.807) is 13.1 Å². The van der Waals surface area contributed by atoms with Crippen molar-refractivity contribution in [3.05, 3.63) is 70.8 Å². The lowest BCUT2D eigenvalue weighted by molar-refractivity contribution is 0.0963. The predicted octanol–water partition coefficient (Wildman–Crippen LogP) is 3.28. The molecule has 0 bridgehead atoms. The highest BCUT2D eigenvalue weighted by Crippen LogP contribution is 2.12. The molecule has 0 aromatic heterocycles. The molecule has 5 nitrogen and oxygen atoms in total. The molecule has 2 rings (SSSR count). The van der Waals surface area contributed by atoms with Crippen LogP contribution in [0.1, 0.15) is 28.4 Å². The van der Waals surface area contributed by atoms with Crippen molar-refractivity contribution < 1.29 is 13.6 Å². The van der Waals surface area contributed by atoms with Crippen LogP contribution in [0.4, 0.5) is 8.78 Å². The number of nitrogens with one attached hydrogen (secondary N) is 3. The highest BCUT2D eigenvalue weighted by Gasteiger charge is 2.08. The Hall–Kier alpha value is -2.23. The molecular weight excluding hydrogens is 489 g/mol. The van der Waals surface area contributed by atoms with Crippen molar-refractivity contribution >= 4 is 35.8 Å². The van der Waals surface area contributed by atoms with E-state index in [-0.39, 0.29) is 48.4 Å². The topological polar surface area (TPSA) is 65.5 Å². The van der Waals surface area contributed by atoms with Crippen molar-refractivity contribution in [3.63, 3.8) is 0 Å². The Balaban J connectivity index is 0.00000420. The lowest BCUT2D eigenvalue weighted by Crippen LogP contribution is -2.38. The van der Waals surface area contributed by atoms with Gasteiger partial charge in [0.05, 0.1) is 0 Å². The van der Waals surface area contributed by atoms with Crippen molar-refractivity contribution in [1.82, 2.24) is 16.0 Å². The summed E-state index contributed by atoms with van der Waals surface area (Å²) in [6.45, 7) is 3.49. The lowest BCUT2D eigenvalue weighted by atomic mass is 10.1. The van der Waals surface area contributed by atoms with Crippen molar-refractivity contribution in [2.24, 2.45) is 4.99 Å². The molecular formula is C21H27F2IN4O. The summed E-state index contributed by atoms with van der Waals surface area (Å²) >= 11 is 0. The van der Waals surface area contributed by atoms with E-state index in [1.165, 1.54) is 18.2 Å². The first-order valence-electron chi connectivity index (χ1n) is 9.31. The predicted molar refractivity (Wildman–Crippen MR) is 123 cm³/mol. The summed E-state index contributed by atoms with van der Waals surface area (Å²) in [4.78, 5) is 16.1. The van der Waals surface area contributed by atoms with Crippen molar-refractivity contribution in [1.29, 1.82) is 0 Å². The van der Waals surface area contributed by atoms with Gasteiger partial charge in [0.2, 0.25) is 0 Å². The highest BCUT2D eigenvalue weighted by molar-refractivity contribution is 14.0. The normalized spacial score (nSPS) is 10.8. The van der Waals surface area contributed by atoms with Crippen LogP contribution in [-0.2, 0) is 12.8 Å². The zero-order valence-corrected chi connectivity index (χ0v) is 18.9. The zero-order chi connectivity index (χ0) is 20.4. The van der Waals surface area contributed by atoms with E-state index in [0.29, 0.717) is 31.0 Å². The maximum absolute atomic E-state index is 13.7. The van der Waals surface area contributed by atoms with E-state index in [9.17, 15) is 13.6 Å². The van der Waals surface area contributed by atoms with Crippen LogP contribution < -0.4 is 16.0 Å². The summed E-state index contributed by atoms with van der Waals surface area (Å²) in [7, 11) is 1.60. The third kappa shape index (κ3) is 7.96. The number of rotatable bonds is 8. The quantitative estimate of drug-likeness (QED) is 0.287. The average Bonchev–Trinajstić information content (AvgIpc) is 2.69. The number of hydrogen-bond acceptors (Lipinski definition) is 2. The number of guanidine groups is 1. The van der Waals surface area contributed by atoms with Gasteiger partial charge in [0.15, 0.2) is 5.96 Å². The summed E-state index contributed by atoms with van der Waals surface area (Å²) in [5, 5.41) is 8.92. The molecule has 158 valence electrons. The van der Waals surface area contributed by atoms with Gasteiger partial charge in [-0.2, -0.15) is 0 Å². The van der Waals surface area contributed by atoms with E-state index in [4.69, 9.17) is 0 Å². The van der Waals surface area contributed by atoms with E-state index in [1.807, 2.05) is 25.1 Å². The molecule has 0 heterocycles. The molecule has 0 aliphatic rings. The molecule has 29 heavy (non-hydrogen) atoms. The van der Waals surface area contributed by atoms with Gasteiger partial charge in [0.25, 0.3) is 5.91 Å². The SMILES string of the molecule is CCNC(=NCCc1c(F)cccc1F)NCCc1cccc(C(=O)NC)c1.I.